The van der Waals surface area contributed by atoms with Gasteiger partial charge in [0, 0.05) is 37.5 Å². The molecule has 3 aromatic heterocycles. The van der Waals surface area contributed by atoms with E-state index in [9.17, 15) is 4.79 Å². The number of aryl methyl sites for hydroxylation is 2. The van der Waals surface area contributed by atoms with Crippen LogP contribution in [0.3, 0.4) is 0 Å². The molecule has 4 heterocycles. The first-order chi connectivity index (χ1) is 15.1. The molecule has 5 rings (SSSR count). The maximum Gasteiger partial charge on any atom is 0.274 e. The fraction of sp³-hybridized carbons (Fsp3) is 0.273. The highest BCUT2D eigenvalue weighted by Gasteiger charge is 2.30. The van der Waals surface area contributed by atoms with Crippen molar-refractivity contribution in [3.05, 3.63) is 77.3 Å². The van der Waals surface area contributed by atoms with Crippen molar-refractivity contribution in [2.75, 3.05) is 6.54 Å². The average molecular weight is 414 g/mol. The van der Waals surface area contributed by atoms with Crippen LogP contribution in [-0.2, 0) is 26.6 Å². The number of fused-ring (bicyclic) bond motifs is 1. The number of benzene rings is 1. The summed E-state index contributed by atoms with van der Waals surface area (Å²) in [5, 5.41) is 13.2. The van der Waals surface area contributed by atoms with Crippen LogP contribution in [0.4, 0.5) is 0 Å². The van der Waals surface area contributed by atoms with E-state index in [0.717, 1.165) is 34.6 Å². The average Bonchev–Trinajstić information content (AvgIpc) is 3.38. The molecular weight excluding hydrogens is 392 g/mol. The van der Waals surface area contributed by atoms with Crippen LogP contribution in [0.5, 0.6) is 0 Å². The molecule has 31 heavy (non-hydrogen) atoms. The molecule has 9 heteroatoms. The lowest BCUT2D eigenvalue weighted by Crippen LogP contribution is -2.36. The van der Waals surface area contributed by atoms with Crippen LogP contribution in [0.2, 0.25) is 0 Å². The number of amides is 1. The van der Waals surface area contributed by atoms with Crippen molar-refractivity contribution in [3.8, 4) is 11.5 Å². The predicted molar refractivity (Wildman–Crippen MR) is 113 cm³/mol. The van der Waals surface area contributed by atoms with Crippen LogP contribution in [0.1, 0.15) is 33.0 Å². The van der Waals surface area contributed by atoms with Gasteiger partial charge in [0.05, 0.1) is 25.0 Å². The number of carbonyl (C=O) groups is 1. The third-order valence-electron chi connectivity index (χ3n) is 5.55. The molecule has 0 saturated carbocycles. The Balaban J connectivity index is 1.46. The highest BCUT2D eigenvalue weighted by Crippen LogP contribution is 2.29. The van der Waals surface area contributed by atoms with Gasteiger partial charge < -0.3 is 9.47 Å². The fourth-order valence-electron chi connectivity index (χ4n) is 3.94. The standard InChI is InChI=1S/C22H22N8O/c1-15-10-24-18(11-23-15)22(31)29-9-8-19-17(13-29)20(27-28(19)2)21-26-25-14-30(21)12-16-6-4-3-5-7-16/h3-7,10-11,14H,8-9,12-13H2,1-2H3. The summed E-state index contributed by atoms with van der Waals surface area (Å²) in [6.07, 6.45) is 5.59. The summed E-state index contributed by atoms with van der Waals surface area (Å²) in [6, 6.07) is 10.2. The zero-order valence-electron chi connectivity index (χ0n) is 17.4. The van der Waals surface area contributed by atoms with Crippen molar-refractivity contribution in [3.63, 3.8) is 0 Å². The van der Waals surface area contributed by atoms with E-state index in [2.05, 4.69) is 32.3 Å². The van der Waals surface area contributed by atoms with Crippen molar-refractivity contribution in [2.45, 2.75) is 26.4 Å². The van der Waals surface area contributed by atoms with Gasteiger partial charge in [-0.3, -0.25) is 14.5 Å². The third kappa shape index (κ3) is 3.58. The maximum absolute atomic E-state index is 13.0. The molecule has 0 N–H and O–H groups in total. The smallest absolute Gasteiger partial charge is 0.274 e. The summed E-state index contributed by atoms with van der Waals surface area (Å²) in [6.45, 7) is 3.56. The van der Waals surface area contributed by atoms with Gasteiger partial charge in [0.2, 0.25) is 0 Å². The lowest BCUT2D eigenvalue weighted by molar-refractivity contribution is 0.0727. The SMILES string of the molecule is Cc1cnc(C(=O)N2CCc3c(c(-c4nncn4Cc4ccccc4)nn3C)C2)cn1. The number of hydrogen-bond donors (Lipinski definition) is 0. The van der Waals surface area contributed by atoms with E-state index in [-0.39, 0.29) is 5.91 Å². The Morgan fingerprint density at radius 1 is 1.13 bits per heavy atom. The molecule has 1 aliphatic heterocycles. The monoisotopic (exact) mass is 414 g/mol. The number of nitrogens with zero attached hydrogens (tertiary/aromatic N) is 8. The molecule has 1 amide bonds. The van der Waals surface area contributed by atoms with Crippen molar-refractivity contribution in [2.24, 2.45) is 7.05 Å². The van der Waals surface area contributed by atoms with E-state index in [1.807, 2.05) is 41.4 Å². The Morgan fingerprint density at radius 2 is 1.97 bits per heavy atom. The van der Waals surface area contributed by atoms with Gasteiger partial charge in [-0.15, -0.1) is 10.2 Å². The number of hydrogen-bond acceptors (Lipinski definition) is 6. The minimum atomic E-state index is -0.126. The van der Waals surface area contributed by atoms with E-state index in [1.165, 1.54) is 6.20 Å². The molecule has 4 aromatic rings. The van der Waals surface area contributed by atoms with Gasteiger partial charge >= 0.3 is 0 Å². The molecule has 156 valence electrons. The number of aromatic nitrogens is 7. The first-order valence-electron chi connectivity index (χ1n) is 10.1. The molecular formula is C22H22N8O. The molecule has 0 atom stereocenters. The highest BCUT2D eigenvalue weighted by molar-refractivity contribution is 5.92. The lowest BCUT2D eigenvalue weighted by atomic mass is 10.0. The van der Waals surface area contributed by atoms with E-state index in [1.54, 1.807) is 17.4 Å². The van der Waals surface area contributed by atoms with E-state index >= 15 is 0 Å². The van der Waals surface area contributed by atoms with Crippen molar-refractivity contribution >= 4 is 5.91 Å². The maximum atomic E-state index is 13.0. The largest absolute Gasteiger partial charge is 0.332 e. The van der Waals surface area contributed by atoms with E-state index in [0.29, 0.717) is 31.2 Å². The molecule has 9 nitrogen and oxygen atoms in total. The van der Waals surface area contributed by atoms with Gasteiger partial charge in [-0.2, -0.15) is 5.10 Å². The second kappa shape index (κ2) is 7.75. The Bertz CT molecular complexity index is 1230. The molecule has 0 bridgehead atoms. The third-order valence-corrected chi connectivity index (χ3v) is 5.55. The summed E-state index contributed by atoms with van der Waals surface area (Å²) in [7, 11) is 1.93. The van der Waals surface area contributed by atoms with Gasteiger partial charge in [0.25, 0.3) is 5.91 Å². The zero-order valence-corrected chi connectivity index (χ0v) is 17.4. The number of carbonyl (C=O) groups excluding carboxylic acids is 1. The molecule has 0 unspecified atom stereocenters. The molecule has 0 radical (unpaired) electrons. The Morgan fingerprint density at radius 3 is 2.74 bits per heavy atom. The zero-order chi connectivity index (χ0) is 21.4. The van der Waals surface area contributed by atoms with Crippen LogP contribution in [0, 0.1) is 6.92 Å². The fourth-order valence-corrected chi connectivity index (χ4v) is 3.94. The lowest BCUT2D eigenvalue weighted by Gasteiger charge is -2.27. The quantitative estimate of drug-likeness (QED) is 0.507. The topological polar surface area (TPSA) is 94.6 Å². The first-order valence-corrected chi connectivity index (χ1v) is 10.1. The van der Waals surface area contributed by atoms with Crippen LogP contribution in [0.25, 0.3) is 11.5 Å². The summed E-state index contributed by atoms with van der Waals surface area (Å²) in [5.41, 5.74) is 5.17. The summed E-state index contributed by atoms with van der Waals surface area (Å²) in [5.74, 6) is 0.573. The molecule has 0 fully saturated rings. The Hall–Kier alpha value is -3.88. The van der Waals surface area contributed by atoms with Crippen LogP contribution < -0.4 is 0 Å². The second-order valence-corrected chi connectivity index (χ2v) is 7.69. The molecule has 0 spiro atoms. The first kappa shape index (κ1) is 19.1. The molecule has 1 aromatic carbocycles. The minimum absolute atomic E-state index is 0.126. The van der Waals surface area contributed by atoms with E-state index < -0.39 is 0 Å². The van der Waals surface area contributed by atoms with E-state index in [4.69, 9.17) is 5.10 Å². The minimum Gasteiger partial charge on any atom is -0.332 e. The summed E-state index contributed by atoms with van der Waals surface area (Å²) >= 11 is 0. The molecule has 0 saturated heterocycles. The summed E-state index contributed by atoms with van der Waals surface area (Å²) in [4.78, 5) is 23.2. The Kier molecular flexibility index (Phi) is 4.78. The summed E-state index contributed by atoms with van der Waals surface area (Å²) < 4.78 is 3.88. The highest BCUT2D eigenvalue weighted by atomic mass is 16.2. The van der Waals surface area contributed by atoms with Crippen molar-refractivity contribution in [1.29, 1.82) is 0 Å². The van der Waals surface area contributed by atoms with Gasteiger partial charge in [0.15, 0.2) is 5.82 Å². The predicted octanol–water partition coefficient (Wildman–Crippen LogP) is 2.02. The van der Waals surface area contributed by atoms with Gasteiger partial charge in [-0.25, -0.2) is 4.98 Å². The van der Waals surface area contributed by atoms with Crippen molar-refractivity contribution < 1.29 is 4.79 Å². The second-order valence-electron chi connectivity index (χ2n) is 7.69. The van der Waals surface area contributed by atoms with Crippen molar-refractivity contribution in [1.82, 2.24) is 39.4 Å². The normalized spacial score (nSPS) is 13.3. The molecule has 1 aliphatic rings. The van der Waals surface area contributed by atoms with Crippen LogP contribution in [-0.4, -0.2) is 51.9 Å². The van der Waals surface area contributed by atoms with Gasteiger partial charge in [-0.05, 0) is 12.5 Å². The number of rotatable bonds is 4. The van der Waals surface area contributed by atoms with Crippen LogP contribution >= 0.6 is 0 Å². The van der Waals surface area contributed by atoms with Gasteiger partial charge in [-0.1, -0.05) is 30.3 Å². The van der Waals surface area contributed by atoms with Crippen LogP contribution in [0.15, 0.2) is 49.1 Å². The Labute approximate surface area is 179 Å². The molecule has 0 aliphatic carbocycles. The van der Waals surface area contributed by atoms with Gasteiger partial charge in [0.1, 0.15) is 17.7 Å².